The molecule has 0 saturated heterocycles. The molecule has 1 radical (unpaired) electrons. The summed E-state index contributed by atoms with van der Waals surface area (Å²) in [4.78, 5) is 0. The third-order valence-corrected chi connectivity index (χ3v) is 3.06. The van der Waals surface area contributed by atoms with Crippen LogP contribution < -0.4 is 4.74 Å². The standard InChI is InChI=1S/C16H12ClN2O/c17-14-6-8-15(9-7-14)19-11-10-16(18-19)20-12-13-4-2-1-3-5-13/h1-4,6-11H,12H2. The molecular weight excluding hydrogens is 272 g/mol. The van der Waals surface area contributed by atoms with Gasteiger partial charge < -0.3 is 4.74 Å². The van der Waals surface area contributed by atoms with E-state index in [1.54, 1.807) is 4.68 Å². The fourth-order valence-electron chi connectivity index (χ4n) is 1.79. The van der Waals surface area contributed by atoms with Gasteiger partial charge in [-0.15, -0.1) is 5.10 Å². The number of rotatable bonds is 4. The lowest BCUT2D eigenvalue weighted by atomic mass is 10.2. The highest BCUT2D eigenvalue weighted by atomic mass is 35.5. The van der Waals surface area contributed by atoms with Crippen molar-refractivity contribution >= 4 is 11.6 Å². The van der Waals surface area contributed by atoms with Crippen LogP contribution in [0.25, 0.3) is 5.69 Å². The maximum Gasteiger partial charge on any atom is 0.233 e. The molecule has 99 valence electrons. The minimum Gasteiger partial charge on any atom is -0.472 e. The number of aromatic nitrogens is 2. The largest absolute Gasteiger partial charge is 0.472 e. The lowest BCUT2D eigenvalue weighted by molar-refractivity contribution is 0.291. The summed E-state index contributed by atoms with van der Waals surface area (Å²) in [7, 11) is 0. The Labute approximate surface area is 122 Å². The second-order valence-corrected chi connectivity index (χ2v) is 4.69. The first kappa shape index (κ1) is 12.8. The van der Waals surface area contributed by atoms with Gasteiger partial charge in [0.2, 0.25) is 5.88 Å². The molecule has 20 heavy (non-hydrogen) atoms. The van der Waals surface area contributed by atoms with Crippen LogP contribution in [-0.2, 0) is 6.61 Å². The molecule has 3 rings (SSSR count). The van der Waals surface area contributed by atoms with Gasteiger partial charge in [-0.2, -0.15) is 0 Å². The average molecular weight is 284 g/mol. The Morgan fingerprint density at radius 2 is 1.95 bits per heavy atom. The van der Waals surface area contributed by atoms with Gasteiger partial charge in [0.25, 0.3) is 0 Å². The molecule has 4 heteroatoms. The molecule has 0 spiro atoms. The molecule has 1 aromatic heterocycles. The van der Waals surface area contributed by atoms with Crippen molar-refractivity contribution in [3.63, 3.8) is 0 Å². The quantitative estimate of drug-likeness (QED) is 0.726. The Kier molecular flexibility index (Phi) is 3.70. The molecule has 3 nitrogen and oxygen atoms in total. The van der Waals surface area contributed by atoms with E-state index in [0.717, 1.165) is 11.3 Å². The summed E-state index contributed by atoms with van der Waals surface area (Å²) in [5, 5.41) is 5.07. The van der Waals surface area contributed by atoms with Crippen LogP contribution in [0.4, 0.5) is 0 Å². The predicted octanol–water partition coefficient (Wildman–Crippen LogP) is 3.90. The van der Waals surface area contributed by atoms with Crippen molar-refractivity contribution in [2.45, 2.75) is 6.61 Å². The first-order chi connectivity index (χ1) is 9.81. The van der Waals surface area contributed by atoms with E-state index in [0.29, 0.717) is 17.5 Å². The Morgan fingerprint density at radius 3 is 2.70 bits per heavy atom. The highest BCUT2D eigenvalue weighted by Crippen LogP contribution is 2.16. The number of hydrogen-bond acceptors (Lipinski definition) is 2. The topological polar surface area (TPSA) is 27.1 Å². The van der Waals surface area contributed by atoms with E-state index in [2.05, 4.69) is 11.2 Å². The molecular formula is C16H12ClN2O. The van der Waals surface area contributed by atoms with Gasteiger partial charge >= 0.3 is 0 Å². The molecule has 0 N–H and O–H groups in total. The van der Waals surface area contributed by atoms with E-state index in [4.69, 9.17) is 16.3 Å². The van der Waals surface area contributed by atoms with Crippen LogP contribution in [0.2, 0.25) is 5.02 Å². The van der Waals surface area contributed by atoms with Gasteiger partial charge in [0.15, 0.2) is 0 Å². The van der Waals surface area contributed by atoms with Gasteiger partial charge in [-0.05, 0) is 35.9 Å². The summed E-state index contributed by atoms with van der Waals surface area (Å²) in [5.41, 5.74) is 1.93. The lowest BCUT2D eigenvalue weighted by Crippen LogP contribution is -1.98. The highest BCUT2D eigenvalue weighted by Gasteiger charge is 2.02. The zero-order chi connectivity index (χ0) is 13.8. The molecule has 0 unspecified atom stereocenters. The van der Waals surface area contributed by atoms with Crippen LogP contribution in [-0.4, -0.2) is 9.78 Å². The van der Waals surface area contributed by atoms with Crippen molar-refractivity contribution in [3.8, 4) is 11.6 Å². The van der Waals surface area contributed by atoms with Crippen molar-refractivity contribution in [1.29, 1.82) is 0 Å². The van der Waals surface area contributed by atoms with E-state index in [9.17, 15) is 0 Å². The second-order valence-electron chi connectivity index (χ2n) is 4.25. The molecule has 0 amide bonds. The molecule has 2 aromatic carbocycles. The van der Waals surface area contributed by atoms with Gasteiger partial charge in [0.05, 0.1) is 5.69 Å². The first-order valence-corrected chi connectivity index (χ1v) is 6.59. The van der Waals surface area contributed by atoms with E-state index >= 15 is 0 Å². The summed E-state index contributed by atoms with van der Waals surface area (Å²) < 4.78 is 7.38. The molecule has 0 bridgehead atoms. The third kappa shape index (κ3) is 3.00. The number of ether oxygens (including phenoxy) is 1. The van der Waals surface area contributed by atoms with Gasteiger partial charge in [-0.1, -0.05) is 35.9 Å². The monoisotopic (exact) mass is 283 g/mol. The molecule has 0 saturated carbocycles. The molecule has 0 fully saturated rings. The minimum atomic E-state index is 0.457. The Balaban J connectivity index is 1.69. The first-order valence-electron chi connectivity index (χ1n) is 6.21. The summed E-state index contributed by atoms with van der Waals surface area (Å²) in [6, 6.07) is 20.1. The molecule has 0 atom stereocenters. The smallest absolute Gasteiger partial charge is 0.233 e. The number of nitrogens with zero attached hydrogens (tertiary/aromatic N) is 2. The molecule has 0 aliphatic rings. The van der Waals surface area contributed by atoms with Gasteiger partial charge in [-0.25, -0.2) is 4.68 Å². The maximum absolute atomic E-state index is 5.86. The van der Waals surface area contributed by atoms with Crippen molar-refractivity contribution in [2.24, 2.45) is 0 Å². The number of benzene rings is 2. The molecule has 0 aliphatic carbocycles. The van der Waals surface area contributed by atoms with Crippen LogP contribution in [0, 0.1) is 6.07 Å². The van der Waals surface area contributed by atoms with Crippen LogP contribution in [0.1, 0.15) is 5.56 Å². The van der Waals surface area contributed by atoms with Crippen molar-refractivity contribution < 1.29 is 4.74 Å². The van der Waals surface area contributed by atoms with Gasteiger partial charge in [-0.3, -0.25) is 0 Å². The highest BCUT2D eigenvalue weighted by molar-refractivity contribution is 6.30. The number of hydrogen-bond donors (Lipinski definition) is 0. The SMILES string of the molecule is Clc1ccc(-n2ccc(OCc3[c]cccc3)n2)cc1. The fraction of sp³-hybridized carbons (Fsp3) is 0.0625. The number of halogens is 1. The predicted molar refractivity (Wildman–Crippen MR) is 78.2 cm³/mol. The van der Waals surface area contributed by atoms with Crippen LogP contribution >= 0.6 is 11.6 Å². The van der Waals surface area contributed by atoms with Crippen molar-refractivity contribution in [2.75, 3.05) is 0 Å². The average Bonchev–Trinajstić information content (AvgIpc) is 2.96. The third-order valence-electron chi connectivity index (χ3n) is 2.80. The summed E-state index contributed by atoms with van der Waals surface area (Å²) >= 11 is 5.86. The van der Waals surface area contributed by atoms with Crippen LogP contribution in [0.15, 0.2) is 60.8 Å². The van der Waals surface area contributed by atoms with Gasteiger partial charge in [0.1, 0.15) is 6.61 Å². The molecule has 1 heterocycles. The van der Waals surface area contributed by atoms with E-state index in [-0.39, 0.29) is 0 Å². The van der Waals surface area contributed by atoms with Crippen molar-refractivity contribution in [1.82, 2.24) is 9.78 Å². The van der Waals surface area contributed by atoms with E-state index < -0.39 is 0 Å². The van der Waals surface area contributed by atoms with Gasteiger partial charge in [0, 0.05) is 17.3 Å². The molecule has 0 aliphatic heterocycles. The Hall–Kier alpha value is -2.26. The molecule has 3 aromatic rings. The lowest BCUT2D eigenvalue weighted by Gasteiger charge is -2.03. The van der Waals surface area contributed by atoms with E-state index in [1.807, 2.05) is 60.8 Å². The zero-order valence-electron chi connectivity index (χ0n) is 10.7. The maximum atomic E-state index is 5.86. The summed E-state index contributed by atoms with van der Waals surface area (Å²) in [6.45, 7) is 0.457. The fourth-order valence-corrected chi connectivity index (χ4v) is 1.92. The zero-order valence-corrected chi connectivity index (χ0v) is 11.4. The Morgan fingerprint density at radius 1 is 1.10 bits per heavy atom. The van der Waals surface area contributed by atoms with Crippen molar-refractivity contribution in [3.05, 3.63) is 77.4 Å². The normalized spacial score (nSPS) is 10.4. The van der Waals surface area contributed by atoms with Crippen LogP contribution in [0.3, 0.4) is 0 Å². The van der Waals surface area contributed by atoms with E-state index in [1.165, 1.54) is 0 Å². The second kappa shape index (κ2) is 5.80. The Bertz CT molecular complexity index is 677. The minimum absolute atomic E-state index is 0.457. The summed E-state index contributed by atoms with van der Waals surface area (Å²) in [6.07, 6.45) is 1.85. The summed E-state index contributed by atoms with van der Waals surface area (Å²) in [5.74, 6) is 0.581. The van der Waals surface area contributed by atoms with Crippen LogP contribution in [0.5, 0.6) is 5.88 Å².